The average molecular weight is 232 g/mol. The third-order valence-corrected chi connectivity index (χ3v) is 2.19. The molecule has 0 saturated carbocycles. The number of rotatable bonds is 4. The normalized spacial score (nSPS) is 10.6. The molecule has 0 fully saturated rings. The van der Waals surface area contributed by atoms with Gasteiger partial charge in [0, 0.05) is 24.8 Å². The monoisotopic (exact) mass is 232 g/mol. The van der Waals surface area contributed by atoms with E-state index in [-0.39, 0.29) is 0 Å². The molecule has 0 radical (unpaired) electrons. The van der Waals surface area contributed by atoms with Crippen LogP contribution in [0.25, 0.3) is 11.4 Å². The van der Waals surface area contributed by atoms with Crippen LogP contribution in [0, 0.1) is 0 Å². The SMILES string of the molecule is CNc1cc(-c2nc(NC(C)C)n[nH]2)ccn1. The van der Waals surface area contributed by atoms with Gasteiger partial charge in [-0.05, 0) is 26.0 Å². The molecule has 0 aliphatic heterocycles. The number of pyridine rings is 1. The largest absolute Gasteiger partial charge is 0.373 e. The highest BCUT2D eigenvalue weighted by molar-refractivity contribution is 5.60. The van der Waals surface area contributed by atoms with Gasteiger partial charge >= 0.3 is 0 Å². The lowest BCUT2D eigenvalue weighted by molar-refractivity contribution is 0.876. The summed E-state index contributed by atoms with van der Waals surface area (Å²) in [5.41, 5.74) is 0.952. The summed E-state index contributed by atoms with van der Waals surface area (Å²) in [6.45, 7) is 4.09. The smallest absolute Gasteiger partial charge is 0.242 e. The van der Waals surface area contributed by atoms with Crippen LogP contribution in [-0.2, 0) is 0 Å². The Morgan fingerprint density at radius 2 is 2.18 bits per heavy atom. The summed E-state index contributed by atoms with van der Waals surface area (Å²) in [6, 6.07) is 4.11. The molecule has 0 aliphatic carbocycles. The predicted molar refractivity (Wildman–Crippen MR) is 67.9 cm³/mol. The van der Waals surface area contributed by atoms with E-state index in [0.717, 1.165) is 17.2 Å². The first kappa shape index (κ1) is 11.4. The lowest BCUT2D eigenvalue weighted by atomic mass is 10.2. The Labute approximate surface area is 99.9 Å². The molecule has 2 heterocycles. The van der Waals surface area contributed by atoms with Crippen molar-refractivity contribution in [2.24, 2.45) is 0 Å². The quantitative estimate of drug-likeness (QED) is 0.748. The van der Waals surface area contributed by atoms with E-state index in [1.807, 2.05) is 33.0 Å². The van der Waals surface area contributed by atoms with Crippen molar-refractivity contribution in [2.45, 2.75) is 19.9 Å². The first-order chi connectivity index (χ1) is 8.19. The van der Waals surface area contributed by atoms with Gasteiger partial charge in [-0.3, -0.25) is 5.10 Å². The van der Waals surface area contributed by atoms with Crippen molar-refractivity contribution < 1.29 is 0 Å². The number of aromatic nitrogens is 4. The van der Waals surface area contributed by atoms with Crippen LogP contribution in [0.3, 0.4) is 0 Å². The van der Waals surface area contributed by atoms with Crippen molar-refractivity contribution in [3.63, 3.8) is 0 Å². The predicted octanol–water partition coefficient (Wildman–Crippen LogP) is 1.73. The van der Waals surface area contributed by atoms with Gasteiger partial charge in [0.05, 0.1) is 0 Å². The Morgan fingerprint density at radius 3 is 2.88 bits per heavy atom. The molecule has 0 aromatic carbocycles. The van der Waals surface area contributed by atoms with E-state index in [1.165, 1.54) is 0 Å². The highest BCUT2D eigenvalue weighted by Crippen LogP contribution is 2.18. The fraction of sp³-hybridized carbons (Fsp3) is 0.364. The molecule has 3 N–H and O–H groups in total. The molecule has 0 bridgehead atoms. The van der Waals surface area contributed by atoms with E-state index >= 15 is 0 Å². The maximum absolute atomic E-state index is 4.36. The van der Waals surface area contributed by atoms with Crippen LogP contribution in [0.15, 0.2) is 18.3 Å². The van der Waals surface area contributed by atoms with Gasteiger partial charge in [0.15, 0.2) is 5.82 Å². The van der Waals surface area contributed by atoms with Gasteiger partial charge in [0.1, 0.15) is 5.82 Å². The molecule has 2 aromatic heterocycles. The van der Waals surface area contributed by atoms with Crippen LogP contribution < -0.4 is 10.6 Å². The zero-order chi connectivity index (χ0) is 12.3. The van der Waals surface area contributed by atoms with Crippen LogP contribution in [0.1, 0.15) is 13.8 Å². The fourth-order valence-corrected chi connectivity index (χ4v) is 1.43. The van der Waals surface area contributed by atoms with Crippen LogP contribution in [0.4, 0.5) is 11.8 Å². The van der Waals surface area contributed by atoms with Crippen molar-refractivity contribution in [2.75, 3.05) is 17.7 Å². The van der Waals surface area contributed by atoms with Crippen LogP contribution >= 0.6 is 0 Å². The minimum atomic E-state index is 0.309. The minimum absolute atomic E-state index is 0.309. The van der Waals surface area contributed by atoms with Crippen LogP contribution in [0.5, 0.6) is 0 Å². The van der Waals surface area contributed by atoms with Crippen molar-refractivity contribution in [3.05, 3.63) is 18.3 Å². The molecule has 90 valence electrons. The molecular formula is C11H16N6. The lowest BCUT2D eigenvalue weighted by Gasteiger charge is -2.03. The van der Waals surface area contributed by atoms with Crippen molar-refractivity contribution in [3.8, 4) is 11.4 Å². The summed E-state index contributed by atoms with van der Waals surface area (Å²) >= 11 is 0. The summed E-state index contributed by atoms with van der Waals surface area (Å²) < 4.78 is 0. The average Bonchev–Trinajstić information content (AvgIpc) is 2.77. The summed E-state index contributed by atoms with van der Waals surface area (Å²) in [5.74, 6) is 2.14. The topological polar surface area (TPSA) is 78.5 Å². The molecule has 0 aliphatic rings. The molecule has 0 atom stereocenters. The Balaban J connectivity index is 2.24. The fourth-order valence-electron chi connectivity index (χ4n) is 1.43. The number of H-pyrrole nitrogens is 1. The van der Waals surface area contributed by atoms with Crippen LogP contribution in [0.2, 0.25) is 0 Å². The summed E-state index contributed by atoms with van der Waals surface area (Å²) in [5, 5.41) is 13.1. The zero-order valence-corrected chi connectivity index (χ0v) is 10.2. The van der Waals surface area contributed by atoms with Gasteiger partial charge in [-0.25, -0.2) is 4.98 Å². The highest BCUT2D eigenvalue weighted by Gasteiger charge is 2.06. The first-order valence-electron chi connectivity index (χ1n) is 5.52. The Bertz CT molecular complexity index is 490. The number of aromatic amines is 1. The van der Waals surface area contributed by atoms with Gasteiger partial charge in [-0.2, -0.15) is 4.98 Å². The first-order valence-corrected chi connectivity index (χ1v) is 5.52. The molecule has 2 aromatic rings. The van der Waals surface area contributed by atoms with Crippen molar-refractivity contribution >= 4 is 11.8 Å². The zero-order valence-electron chi connectivity index (χ0n) is 10.2. The van der Waals surface area contributed by atoms with Gasteiger partial charge < -0.3 is 10.6 Å². The third kappa shape index (κ3) is 2.72. The molecular weight excluding hydrogens is 216 g/mol. The molecule has 6 heteroatoms. The Hall–Kier alpha value is -2.11. The number of nitrogens with zero attached hydrogens (tertiary/aromatic N) is 3. The van der Waals surface area contributed by atoms with E-state index in [0.29, 0.717) is 12.0 Å². The van der Waals surface area contributed by atoms with Gasteiger partial charge in [-0.15, -0.1) is 5.10 Å². The second-order valence-corrected chi connectivity index (χ2v) is 3.99. The van der Waals surface area contributed by atoms with E-state index in [9.17, 15) is 0 Å². The summed E-state index contributed by atoms with van der Waals surface area (Å²) in [4.78, 5) is 8.51. The van der Waals surface area contributed by atoms with Gasteiger partial charge in [0.2, 0.25) is 5.95 Å². The number of anilines is 2. The molecule has 0 saturated heterocycles. The van der Waals surface area contributed by atoms with Crippen LogP contribution in [-0.4, -0.2) is 33.3 Å². The van der Waals surface area contributed by atoms with E-state index in [2.05, 4.69) is 30.8 Å². The van der Waals surface area contributed by atoms with Gasteiger partial charge in [-0.1, -0.05) is 0 Å². The standard InChI is InChI=1S/C11H16N6/c1-7(2)14-11-15-10(16-17-11)8-4-5-13-9(6-8)12-3/h4-7H,1-3H3,(H,12,13)(H2,14,15,16,17). The van der Waals surface area contributed by atoms with E-state index in [1.54, 1.807) is 6.20 Å². The molecule has 0 unspecified atom stereocenters. The molecule has 6 nitrogen and oxygen atoms in total. The Kier molecular flexibility index (Phi) is 3.22. The second-order valence-electron chi connectivity index (χ2n) is 3.99. The maximum atomic E-state index is 4.36. The molecule has 2 rings (SSSR count). The maximum Gasteiger partial charge on any atom is 0.242 e. The lowest BCUT2D eigenvalue weighted by Crippen LogP contribution is -2.10. The highest BCUT2D eigenvalue weighted by atomic mass is 15.3. The molecule has 0 amide bonds. The van der Waals surface area contributed by atoms with Crippen molar-refractivity contribution in [1.82, 2.24) is 20.2 Å². The second kappa shape index (κ2) is 4.82. The van der Waals surface area contributed by atoms with E-state index < -0.39 is 0 Å². The minimum Gasteiger partial charge on any atom is -0.373 e. The summed E-state index contributed by atoms with van der Waals surface area (Å²) in [6.07, 6.45) is 1.74. The Morgan fingerprint density at radius 1 is 1.35 bits per heavy atom. The van der Waals surface area contributed by atoms with Gasteiger partial charge in [0.25, 0.3) is 0 Å². The summed E-state index contributed by atoms with van der Waals surface area (Å²) in [7, 11) is 1.83. The number of hydrogen-bond donors (Lipinski definition) is 3. The number of hydrogen-bond acceptors (Lipinski definition) is 5. The number of nitrogens with one attached hydrogen (secondary N) is 3. The molecule has 17 heavy (non-hydrogen) atoms. The van der Waals surface area contributed by atoms with Crippen molar-refractivity contribution in [1.29, 1.82) is 0 Å². The molecule has 0 spiro atoms. The third-order valence-electron chi connectivity index (χ3n) is 2.19. The van der Waals surface area contributed by atoms with E-state index in [4.69, 9.17) is 0 Å².